The molecule has 0 fully saturated rings. The van der Waals surface area contributed by atoms with Crippen LogP contribution in [0.2, 0.25) is 5.15 Å². The second-order valence-corrected chi connectivity index (χ2v) is 2.57. The first-order valence-electron chi connectivity index (χ1n) is 3.10. The summed E-state index contributed by atoms with van der Waals surface area (Å²) in [4.78, 5) is 3.53. The Kier molecular flexibility index (Phi) is 2.42. The Labute approximate surface area is 68.6 Å². The molecule has 1 aromatic rings. The quantitative estimate of drug-likeness (QED) is 0.662. The number of rotatable bonds is 1. The third kappa shape index (κ3) is 1.88. The lowest BCUT2D eigenvalue weighted by Crippen LogP contribution is -1.95. The maximum absolute atomic E-state index is 12.5. The summed E-state index contributed by atoms with van der Waals surface area (Å²) in [5.41, 5.74) is 0.312. The van der Waals surface area contributed by atoms with Gasteiger partial charge in [0.05, 0.1) is 12.3 Å². The maximum atomic E-state index is 12.5. The van der Waals surface area contributed by atoms with E-state index in [4.69, 9.17) is 16.7 Å². The molecule has 11 heavy (non-hydrogen) atoms. The number of hydrogen-bond donors (Lipinski definition) is 1. The molecule has 0 bridgehead atoms. The fourth-order valence-corrected chi connectivity index (χ4v) is 0.992. The molecule has 0 aromatic carbocycles. The van der Waals surface area contributed by atoms with E-state index in [1.54, 1.807) is 0 Å². The molecule has 4 heteroatoms. The Balaban J connectivity index is 3.13. The molecule has 0 unspecified atom stereocenters. The van der Waals surface area contributed by atoms with Gasteiger partial charge in [0, 0.05) is 5.56 Å². The second-order valence-electron chi connectivity index (χ2n) is 2.21. The van der Waals surface area contributed by atoms with E-state index in [1.165, 1.54) is 13.0 Å². The molecule has 0 saturated carbocycles. The highest BCUT2D eigenvalue weighted by Gasteiger charge is 2.07. The van der Waals surface area contributed by atoms with Crippen molar-refractivity contribution in [2.24, 2.45) is 0 Å². The van der Waals surface area contributed by atoms with Gasteiger partial charge in [-0.25, -0.2) is 9.37 Å². The van der Waals surface area contributed by atoms with E-state index in [0.717, 1.165) is 6.20 Å². The topological polar surface area (TPSA) is 33.1 Å². The Bertz CT molecular complexity index is 265. The summed E-state index contributed by atoms with van der Waals surface area (Å²) >= 11 is 5.55. The summed E-state index contributed by atoms with van der Waals surface area (Å²) < 4.78 is 12.5. The molecule has 0 aliphatic carbocycles. The molecule has 60 valence electrons. The molecule has 1 atom stereocenters. The van der Waals surface area contributed by atoms with Crippen molar-refractivity contribution in [3.63, 3.8) is 0 Å². The molecule has 1 rings (SSSR count). The van der Waals surface area contributed by atoms with Gasteiger partial charge in [-0.05, 0) is 13.0 Å². The number of aliphatic hydroxyl groups is 1. The van der Waals surface area contributed by atoms with Gasteiger partial charge in [0.1, 0.15) is 11.0 Å². The number of halogens is 2. The van der Waals surface area contributed by atoms with E-state index in [9.17, 15) is 4.39 Å². The van der Waals surface area contributed by atoms with Gasteiger partial charge in [-0.2, -0.15) is 0 Å². The maximum Gasteiger partial charge on any atom is 0.141 e. The van der Waals surface area contributed by atoms with Crippen molar-refractivity contribution in [3.8, 4) is 0 Å². The van der Waals surface area contributed by atoms with Crippen LogP contribution in [0.3, 0.4) is 0 Å². The zero-order valence-corrected chi connectivity index (χ0v) is 6.64. The van der Waals surface area contributed by atoms with Crippen molar-refractivity contribution >= 4 is 11.6 Å². The highest BCUT2D eigenvalue weighted by atomic mass is 35.5. The molecule has 1 aromatic heterocycles. The molecule has 0 aliphatic rings. The fraction of sp³-hybridized carbons (Fsp3) is 0.286. The van der Waals surface area contributed by atoms with Crippen molar-refractivity contribution in [1.29, 1.82) is 0 Å². The van der Waals surface area contributed by atoms with Crippen LogP contribution in [0.1, 0.15) is 18.6 Å². The van der Waals surface area contributed by atoms with Gasteiger partial charge in [-0.1, -0.05) is 11.6 Å². The molecule has 1 heterocycles. The first-order valence-corrected chi connectivity index (χ1v) is 3.48. The molecule has 0 amide bonds. The molecule has 1 N–H and O–H groups in total. The minimum atomic E-state index is -0.786. The highest BCUT2D eigenvalue weighted by Crippen LogP contribution is 2.20. The van der Waals surface area contributed by atoms with Crippen LogP contribution in [0, 0.1) is 5.82 Å². The largest absolute Gasteiger partial charge is 0.389 e. The predicted molar refractivity (Wildman–Crippen MR) is 39.8 cm³/mol. The summed E-state index contributed by atoms with van der Waals surface area (Å²) in [6.07, 6.45) is 0.222. The van der Waals surface area contributed by atoms with Gasteiger partial charge in [-0.3, -0.25) is 0 Å². The van der Waals surface area contributed by atoms with Crippen molar-refractivity contribution in [3.05, 3.63) is 28.8 Å². The number of aromatic nitrogens is 1. The summed E-state index contributed by atoms with van der Waals surface area (Å²) in [6, 6.07) is 1.17. The normalized spacial score (nSPS) is 13.1. The minimum absolute atomic E-state index is 0.140. The van der Waals surface area contributed by atoms with Gasteiger partial charge < -0.3 is 5.11 Å². The van der Waals surface area contributed by atoms with Gasteiger partial charge in [-0.15, -0.1) is 0 Å². The lowest BCUT2D eigenvalue weighted by Gasteiger charge is -2.04. The monoisotopic (exact) mass is 175 g/mol. The fourth-order valence-electron chi connectivity index (χ4n) is 0.731. The Morgan fingerprint density at radius 2 is 2.36 bits per heavy atom. The van der Waals surface area contributed by atoms with E-state index >= 15 is 0 Å². The average molecular weight is 176 g/mol. The zero-order chi connectivity index (χ0) is 8.43. The van der Waals surface area contributed by atoms with Gasteiger partial charge in [0.2, 0.25) is 0 Å². The van der Waals surface area contributed by atoms with Gasteiger partial charge in [0.15, 0.2) is 0 Å². The van der Waals surface area contributed by atoms with Crippen LogP contribution in [-0.2, 0) is 0 Å². The van der Waals surface area contributed by atoms with E-state index in [1.807, 2.05) is 0 Å². The standard InChI is InChI=1S/C7H7ClFNO/c1-4(11)6-2-5(9)3-10-7(6)8/h2-4,11H,1H3/t4-/m1/s1. The highest BCUT2D eigenvalue weighted by molar-refractivity contribution is 6.30. The lowest BCUT2D eigenvalue weighted by atomic mass is 10.2. The van der Waals surface area contributed by atoms with Crippen LogP contribution in [-0.4, -0.2) is 10.1 Å². The van der Waals surface area contributed by atoms with Crippen molar-refractivity contribution in [2.45, 2.75) is 13.0 Å². The van der Waals surface area contributed by atoms with E-state index in [0.29, 0.717) is 5.56 Å². The van der Waals surface area contributed by atoms with Crippen molar-refractivity contribution in [2.75, 3.05) is 0 Å². The zero-order valence-electron chi connectivity index (χ0n) is 5.88. The van der Waals surface area contributed by atoms with Crippen LogP contribution >= 0.6 is 11.6 Å². The molecule has 2 nitrogen and oxygen atoms in total. The molecular formula is C7H7ClFNO. The molecule has 0 aliphatic heterocycles. The van der Waals surface area contributed by atoms with E-state index in [2.05, 4.69) is 4.98 Å². The molecule has 0 radical (unpaired) electrons. The molecule has 0 spiro atoms. The smallest absolute Gasteiger partial charge is 0.141 e. The number of pyridine rings is 1. The SMILES string of the molecule is C[C@@H](O)c1cc(F)cnc1Cl. The van der Waals surface area contributed by atoms with Crippen LogP contribution in [0.5, 0.6) is 0 Å². The Hall–Kier alpha value is -0.670. The summed E-state index contributed by atoms with van der Waals surface area (Å²) in [7, 11) is 0. The third-order valence-electron chi connectivity index (χ3n) is 1.28. The summed E-state index contributed by atoms with van der Waals surface area (Å²) in [5, 5.41) is 9.18. The number of aliphatic hydroxyl groups excluding tert-OH is 1. The van der Waals surface area contributed by atoms with Crippen molar-refractivity contribution < 1.29 is 9.50 Å². The minimum Gasteiger partial charge on any atom is -0.389 e. The van der Waals surface area contributed by atoms with E-state index in [-0.39, 0.29) is 5.15 Å². The first kappa shape index (κ1) is 8.43. The van der Waals surface area contributed by atoms with E-state index < -0.39 is 11.9 Å². The van der Waals surface area contributed by atoms with Crippen LogP contribution in [0.15, 0.2) is 12.3 Å². The third-order valence-corrected chi connectivity index (χ3v) is 1.60. The van der Waals surface area contributed by atoms with Gasteiger partial charge in [0.25, 0.3) is 0 Å². The van der Waals surface area contributed by atoms with Crippen LogP contribution in [0.25, 0.3) is 0 Å². The second kappa shape index (κ2) is 3.15. The first-order chi connectivity index (χ1) is 5.11. The number of nitrogens with zero attached hydrogens (tertiary/aromatic N) is 1. The Morgan fingerprint density at radius 3 is 2.82 bits per heavy atom. The average Bonchev–Trinajstić information content (AvgIpc) is 1.94. The Morgan fingerprint density at radius 1 is 1.73 bits per heavy atom. The van der Waals surface area contributed by atoms with Crippen molar-refractivity contribution in [1.82, 2.24) is 4.98 Å². The van der Waals surface area contributed by atoms with Crippen LogP contribution in [0.4, 0.5) is 4.39 Å². The molecular weight excluding hydrogens is 169 g/mol. The summed E-state index contributed by atoms with van der Waals surface area (Å²) in [6.45, 7) is 1.50. The number of hydrogen-bond acceptors (Lipinski definition) is 2. The predicted octanol–water partition coefficient (Wildman–Crippen LogP) is 1.93. The van der Waals surface area contributed by atoms with Gasteiger partial charge >= 0.3 is 0 Å². The van der Waals surface area contributed by atoms with Crippen LogP contribution < -0.4 is 0 Å². The molecule has 0 saturated heterocycles. The summed E-state index contributed by atoms with van der Waals surface area (Å²) in [5.74, 6) is -0.495. The lowest BCUT2D eigenvalue weighted by molar-refractivity contribution is 0.198.